The summed E-state index contributed by atoms with van der Waals surface area (Å²) in [7, 11) is 3.70. The molecule has 1 aromatic carbocycles. The summed E-state index contributed by atoms with van der Waals surface area (Å²) >= 11 is 5.75. The van der Waals surface area contributed by atoms with Crippen LogP contribution in [0.4, 0.5) is 4.39 Å². The van der Waals surface area contributed by atoms with Gasteiger partial charge >= 0.3 is 0 Å². The van der Waals surface area contributed by atoms with Crippen LogP contribution in [0.5, 0.6) is 0 Å². The molecule has 0 saturated carbocycles. The normalized spacial score (nSPS) is 24.1. The fourth-order valence-corrected chi connectivity index (χ4v) is 2.90. The van der Waals surface area contributed by atoms with Crippen molar-refractivity contribution < 1.29 is 4.39 Å². The van der Waals surface area contributed by atoms with Crippen molar-refractivity contribution in [1.82, 2.24) is 10.2 Å². The molecule has 20 heavy (non-hydrogen) atoms. The lowest BCUT2D eigenvalue weighted by Crippen LogP contribution is -2.36. The lowest BCUT2D eigenvalue weighted by molar-refractivity contribution is 0.276. The number of guanidine groups is 1. The first-order chi connectivity index (χ1) is 9.52. The topological polar surface area (TPSA) is 53.6 Å². The van der Waals surface area contributed by atoms with Crippen molar-refractivity contribution in [2.45, 2.75) is 12.5 Å². The average Bonchev–Trinajstić information content (AvgIpc) is 2.80. The van der Waals surface area contributed by atoms with Crippen LogP contribution >= 0.6 is 11.6 Å². The first-order valence-corrected chi connectivity index (χ1v) is 7.02. The van der Waals surface area contributed by atoms with E-state index in [4.69, 9.17) is 17.3 Å². The Morgan fingerprint density at radius 2 is 2.35 bits per heavy atom. The number of benzene rings is 1. The van der Waals surface area contributed by atoms with Crippen molar-refractivity contribution in [2.75, 3.05) is 27.2 Å². The zero-order valence-electron chi connectivity index (χ0n) is 11.7. The second-order valence-electron chi connectivity index (χ2n) is 5.14. The van der Waals surface area contributed by atoms with Crippen LogP contribution < -0.4 is 11.1 Å². The van der Waals surface area contributed by atoms with Crippen LogP contribution in [0.1, 0.15) is 18.0 Å². The molecule has 1 aliphatic heterocycles. The van der Waals surface area contributed by atoms with Crippen molar-refractivity contribution >= 4 is 17.6 Å². The third-order valence-electron chi connectivity index (χ3n) is 3.85. The minimum Gasteiger partial charge on any atom is -0.370 e. The average molecular weight is 299 g/mol. The van der Waals surface area contributed by atoms with Crippen molar-refractivity contribution in [3.8, 4) is 0 Å². The molecule has 1 saturated heterocycles. The van der Waals surface area contributed by atoms with Gasteiger partial charge in [0.05, 0.1) is 5.02 Å². The summed E-state index contributed by atoms with van der Waals surface area (Å²) in [5.74, 6) is 0.423. The number of rotatable bonds is 3. The molecule has 0 spiro atoms. The van der Waals surface area contributed by atoms with E-state index in [1.807, 2.05) is 6.07 Å². The highest BCUT2D eigenvalue weighted by molar-refractivity contribution is 6.30. The van der Waals surface area contributed by atoms with Gasteiger partial charge in [0, 0.05) is 19.6 Å². The van der Waals surface area contributed by atoms with E-state index < -0.39 is 0 Å². The number of nitrogens with one attached hydrogen (secondary N) is 1. The van der Waals surface area contributed by atoms with E-state index in [0.29, 0.717) is 11.9 Å². The summed E-state index contributed by atoms with van der Waals surface area (Å²) in [4.78, 5) is 6.11. The third-order valence-corrected chi connectivity index (χ3v) is 4.15. The molecule has 0 aliphatic carbocycles. The molecular formula is C14H20ClFN4. The standard InChI is InChI=1S/C14H20ClFN4/c1-18-14(17)19-8-10-5-6-20(2)13(10)9-3-4-11(15)12(16)7-9/h3-4,7,10,13H,5-6,8H2,1-2H3,(H3,17,18,19). The van der Waals surface area contributed by atoms with Gasteiger partial charge in [-0.05, 0) is 43.6 Å². The molecule has 1 aliphatic rings. The molecule has 1 heterocycles. The van der Waals surface area contributed by atoms with Crippen molar-refractivity contribution in [3.63, 3.8) is 0 Å². The smallest absolute Gasteiger partial charge is 0.188 e. The molecular weight excluding hydrogens is 279 g/mol. The fraction of sp³-hybridized carbons (Fsp3) is 0.500. The second-order valence-corrected chi connectivity index (χ2v) is 5.54. The Morgan fingerprint density at radius 1 is 1.60 bits per heavy atom. The molecule has 6 heteroatoms. The molecule has 0 aromatic heterocycles. The van der Waals surface area contributed by atoms with Gasteiger partial charge in [0.25, 0.3) is 0 Å². The van der Waals surface area contributed by atoms with Crippen LogP contribution in [-0.2, 0) is 0 Å². The molecule has 2 rings (SSSR count). The Labute approximate surface area is 123 Å². The maximum Gasteiger partial charge on any atom is 0.188 e. The summed E-state index contributed by atoms with van der Waals surface area (Å²) in [6, 6.07) is 5.20. The van der Waals surface area contributed by atoms with Crippen LogP contribution in [0.25, 0.3) is 0 Å². The number of hydrogen-bond donors (Lipinski definition) is 2. The van der Waals surface area contributed by atoms with Crippen LogP contribution in [-0.4, -0.2) is 38.0 Å². The molecule has 2 unspecified atom stereocenters. The third kappa shape index (κ3) is 3.22. The Hall–Kier alpha value is -1.33. The van der Waals surface area contributed by atoms with Gasteiger partial charge in [-0.15, -0.1) is 0 Å². The SMILES string of the molecule is CN=C(N)NCC1CCN(C)C1c1ccc(Cl)c(F)c1. The maximum absolute atomic E-state index is 13.7. The lowest BCUT2D eigenvalue weighted by Gasteiger charge is -2.26. The van der Waals surface area contributed by atoms with Crippen LogP contribution in [0, 0.1) is 11.7 Å². The van der Waals surface area contributed by atoms with E-state index >= 15 is 0 Å². The van der Waals surface area contributed by atoms with Gasteiger partial charge in [0.1, 0.15) is 5.82 Å². The first-order valence-electron chi connectivity index (χ1n) is 6.64. The van der Waals surface area contributed by atoms with Crippen LogP contribution in [0.3, 0.4) is 0 Å². The number of aliphatic imine (C=N–C) groups is 1. The molecule has 1 fully saturated rings. The summed E-state index contributed by atoms with van der Waals surface area (Å²) in [6.45, 7) is 1.70. The summed E-state index contributed by atoms with van der Waals surface area (Å²) in [6.07, 6.45) is 1.04. The number of likely N-dealkylation sites (tertiary alicyclic amines) is 1. The number of halogens is 2. The summed E-state index contributed by atoms with van der Waals surface area (Å²) in [5.41, 5.74) is 6.61. The molecule has 0 radical (unpaired) electrons. The number of hydrogen-bond acceptors (Lipinski definition) is 2. The quantitative estimate of drug-likeness (QED) is 0.663. The van der Waals surface area contributed by atoms with E-state index in [1.165, 1.54) is 6.07 Å². The minimum atomic E-state index is -0.370. The fourth-order valence-electron chi connectivity index (χ4n) is 2.78. The lowest BCUT2D eigenvalue weighted by atomic mass is 9.93. The second kappa shape index (κ2) is 6.41. The van der Waals surface area contributed by atoms with Crippen molar-refractivity contribution in [3.05, 3.63) is 34.6 Å². The van der Waals surface area contributed by atoms with Crippen LogP contribution in [0.2, 0.25) is 5.02 Å². The molecule has 0 bridgehead atoms. The Kier molecular flexibility index (Phi) is 4.83. The van der Waals surface area contributed by atoms with Crippen LogP contribution in [0.15, 0.2) is 23.2 Å². The van der Waals surface area contributed by atoms with E-state index in [1.54, 1.807) is 13.1 Å². The maximum atomic E-state index is 13.7. The zero-order chi connectivity index (χ0) is 14.7. The molecule has 3 N–H and O–H groups in total. The highest BCUT2D eigenvalue weighted by Crippen LogP contribution is 2.36. The number of nitrogens with two attached hydrogens (primary N) is 1. The molecule has 4 nitrogen and oxygen atoms in total. The highest BCUT2D eigenvalue weighted by atomic mass is 35.5. The van der Waals surface area contributed by atoms with Gasteiger partial charge in [-0.2, -0.15) is 0 Å². The Balaban J connectivity index is 2.15. The minimum absolute atomic E-state index is 0.159. The first kappa shape index (κ1) is 15.1. The van der Waals surface area contributed by atoms with E-state index in [9.17, 15) is 4.39 Å². The van der Waals surface area contributed by atoms with Gasteiger partial charge in [0.15, 0.2) is 5.96 Å². The van der Waals surface area contributed by atoms with E-state index in [0.717, 1.165) is 25.1 Å². The summed E-state index contributed by atoms with van der Waals surface area (Å²) < 4.78 is 13.7. The van der Waals surface area contributed by atoms with Crippen molar-refractivity contribution in [1.29, 1.82) is 0 Å². The zero-order valence-corrected chi connectivity index (χ0v) is 12.5. The van der Waals surface area contributed by atoms with E-state index in [-0.39, 0.29) is 16.9 Å². The Bertz CT molecular complexity index is 506. The Morgan fingerprint density at radius 3 is 3.00 bits per heavy atom. The van der Waals surface area contributed by atoms with Gasteiger partial charge in [-0.1, -0.05) is 17.7 Å². The largest absolute Gasteiger partial charge is 0.370 e. The summed E-state index contributed by atoms with van der Waals surface area (Å²) in [5, 5.41) is 3.26. The van der Waals surface area contributed by atoms with Gasteiger partial charge < -0.3 is 11.1 Å². The molecule has 0 amide bonds. The van der Waals surface area contributed by atoms with Gasteiger partial charge in [-0.3, -0.25) is 9.89 Å². The van der Waals surface area contributed by atoms with E-state index in [2.05, 4.69) is 22.3 Å². The number of nitrogens with zero attached hydrogens (tertiary/aromatic N) is 2. The predicted molar refractivity (Wildman–Crippen MR) is 80.4 cm³/mol. The van der Waals surface area contributed by atoms with Crippen molar-refractivity contribution in [2.24, 2.45) is 16.6 Å². The predicted octanol–water partition coefficient (Wildman–Crippen LogP) is 2.01. The molecule has 110 valence electrons. The molecule has 1 aromatic rings. The highest BCUT2D eigenvalue weighted by Gasteiger charge is 2.33. The van der Waals surface area contributed by atoms with Gasteiger partial charge in [-0.25, -0.2) is 4.39 Å². The molecule has 2 atom stereocenters. The van der Waals surface area contributed by atoms with Gasteiger partial charge in [0.2, 0.25) is 0 Å². The monoisotopic (exact) mass is 298 g/mol.